The average Bonchev–Trinajstić information content (AvgIpc) is 3.94. The number of hydrogen-bond donors (Lipinski definition) is 0. The van der Waals surface area contributed by atoms with Gasteiger partial charge in [0, 0.05) is 61.1 Å². The Hall–Kier alpha value is -5.84. The van der Waals surface area contributed by atoms with E-state index in [0.717, 1.165) is 72.0 Å². The maximum Gasteiger partial charge on any atom is 0.161 e. The molecule has 0 N–H and O–H groups in total. The summed E-state index contributed by atoms with van der Waals surface area (Å²) in [4.78, 5) is 22.4. The summed E-state index contributed by atoms with van der Waals surface area (Å²) in [6.07, 6.45) is 11.9. The molecule has 0 unspecified atom stereocenters. The Bertz CT molecular complexity index is 2050. The Labute approximate surface area is 328 Å². The number of hydrogen-bond acceptors (Lipinski definition) is 10. The summed E-state index contributed by atoms with van der Waals surface area (Å²) in [6, 6.07) is 34.5. The van der Waals surface area contributed by atoms with Crippen LogP contribution in [0.15, 0.2) is 122 Å². The summed E-state index contributed by atoms with van der Waals surface area (Å²) >= 11 is 0. The van der Waals surface area contributed by atoms with Crippen LogP contribution >= 0.6 is 0 Å². The van der Waals surface area contributed by atoms with Gasteiger partial charge in [0.1, 0.15) is 26.4 Å². The van der Waals surface area contributed by atoms with Crippen LogP contribution in [0.4, 0.5) is 0 Å². The number of nitrogens with zero attached hydrogens (tertiary/aromatic N) is 6. The molecule has 10 nitrogen and oxygen atoms in total. The van der Waals surface area contributed by atoms with Gasteiger partial charge >= 0.3 is 0 Å². The third-order valence-corrected chi connectivity index (χ3v) is 11.0. The molecule has 284 valence electrons. The molecule has 4 aliphatic heterocycles. The number of rotatable bonds is 8. The summed E-state index contributed by atoms with van der Waals surface area (Å²) in [6.45, 7) is 6.62. The van der Waals surface area contributed by atoms with Crippen LogP contribution < -0.4 is 18.9 Å². The minimum Gasteiger partial charge on any atom is -0.486 e. The molecule has 6 heterocycles. The normalized spacial score (nSPS) is 18.9. The van der Waals surface area contributed by atoms with Crippen molar-refractivity contribution in [2.45, 2.75) is 50.9 Å². The van der Waals surface area contributed by atoms with Crippen LogP contribution in [0.5, 0.6) is 23.0 Å². The first-order chi connectivity index (χ1) is 27.7. The number of ether oxygens (including phenoxy) is 4. The van der Waals surface area contributed by atoms with Gasteiger partial charge in [-0.3, -0.25) is 9.80 Å². The summed E-state index contributed by atoms with van der Waals surface area (Å²) in [5.41, 5.74) is 7.35. The van der Waals surface area contributed by atoms with Gasteiger partial charge in [-0.2, -0.15) is 0 Å². The Balaban J connectivity index is 0.000000146. The minimum absolute atomic E-state index is 0.424. The monoisotopic (exact) mass is 746 g/mol. The van der Waals surface area contributed by atoms with E-state index in [2.05, 4.69) is 115 Å². The standard InChI is InChI=1S/2C23H23N3O2/c2*1-3-20(19-8-9-21-22(15-19)28-14-13-27-21)26(12-1)16-17-4-6-18(7-5-17)23-24-10-2-11-25-23/h2*2,4-11,15,20H,1,3,12-14,16H2/t2*20-/m10/s1. The number of likely N-dealkylation sites (tertiary alicyclic amines) is 2. The molecule has 2 atom stereocenters. The van der Waals surface area contributed by atoms with Crippen molar-refractivity contribution in [3.63, 3.8) is 0 Å². The van der Waals surface area contributed by atoms with Crippen molar-refractivity contribution >= 4 is 0 Å². The molecule has 10 rings (SSSR count). The highest BCUT2D eigenvalue weighted by Crippen LogP contribution is 2.40. The molecule has 0 aliphatic carbocycles. The van der Waals surface area contributed by atoms with Gasteiger partial charge in [0.2, 0.25) is 0 Å². The van der Waals surface area contributed by atoms with Gasteiger partial charge in [-0.25, -0.2) is 19.9 Å². The fraction of sp³-hybridized carbons (Fsp3) is 0.304. The molecule has 0 radical (unpaired) electrons. The topological polar surface area (TPSA) is 95.0 Å². The molecule has 4 aliphatic rings. The molecule has 0 amide bonds. The van der Waals surface area contributed by atoms with E-state index in [-0.39, 0.29) is 0 Å². The highest BCUT2D eigenvalue weighted by atomic mass is 16.6. The highest BCUT2D eigenvalue weighted by molar-refractivity contribution is 5.56. The lowest BCUT2D eigenvalue weighted by molar-refractivity contribution is 0.170. The molecule has 4 aromatic carbocycles. The second kappa shape index (κ2) is 16.9. The number of aromatic nitrogens is 4. The molecule has 0 saturated carbocycles. The molecule has 10 heteroatoms. The first kappa shape index (κ1) is 35.8. The van der Waals surface area contributed by atoms with Crippen molar-refractivity contribution in [3.8, 4) is 45.8 Å². The van der Waals surface area contributed by atoms with Crippen LogP contribution in [-0.2, 0) is 13.1 Å². The van der Waals surface area contributed by atoms with Crippen LogP contribution in [0, 0.1) is 0 Å². The Morgan fingerprint density at radius 2 is 0.857 bits per heavy atom. The lowest BCUT2D eigenvalue weighted by Crippen LogP contribution is -2.23. The number of benzene rings is 4. The zero-order chi connectivity index (χ0) is 37.5. The third kappa shape index (κ3) is 8.22. The van der Waals surface area contributed by atoms with E-state index in [1.165, 1.54) is 47.9 Å². The molecular weight excluding hydrogens is 701 g/mol. The zero-order valence-electron chi connectivity index (χ0n) is 31.5. The lowest BCUT2D eigenvalue weighted by Gasteiger charge is -2.26. The molecular formula is C46H46N6O4. The van der Waals surface area contributed by atoms with Crippen molar-refractivity contribution in [1.29, 1.82) is 0 Å². The van der Waals surface area contributed by atoms with E-state index in [0.29, 0.717) is 38.5 Å². The van der Waals surface area contributed by atoms with Crippen LogP contribution in [0.25, 0.3) is 22.8 Å². The Kier molecular flexibility index (Phi) is 10.8. The lowest BCUT2D eigenvalue weighted by atomic mass is 10.0. The predicted octanol–water partition coefficient (Wildman–Crippen LogP) is 8.50. The highest BCUT2D eigenvalue weighted by Gasteiger charge is 2.29. The van der Waals surface area contributed by atoms with E-state index < -0.39 is 0 Å². The first-order valence-electron chi connectivity index (χ1n) is 19.7. The quantitative estimate of drug-likeness (QED) is 0.151. The SMILES string of the molecule is c1cnc(-c2ccc(CN3CCC[C@@H]3c3ccc4c(c3)OCCO4)cc2)nc1.c1cnc(-c2ccc(CN3CCC[C@H]3c3ccc4c(c3)OCCO4)cc2)nc1. The van der Waals surface area contributed by atoms with Crippen molar-refractivity contribution in [1.82, 2.24) is 29.7 Å². The van der Waals surface area contributed by atoms with E-state index in [9.17, 15) is 0 Å². The van der Waals surface area contributed by atoms with E-state index in [1.54, 1.807) is 24.8 Å². The third-order valence-electron chi connectivity index (χ3n) is 11.0. The maximum atomic E-state index is 5.78. The van der Waals surface area contributed by atoms with Gasteiger partial charge in [-0.15, -0.1) is 0 Å². The molecule has 2 saturated heterocycles. The second-order valence-corrected chi connectivity index (χ2v) is 14.6. The minimum atomic E-state index is 0.424. The number of fused-ring (bicyclic) bond motifs is 2. The van der Waals surface area contributed by atoms with Gasteiger partial charge in [0.25, 0.3) is 0 Å². The summed E-state index contributed by atoms with van der Waals surface area (Å²) in [5.74, 6) is 5.01. The molecule has 56 heavy (non-hydrogen) atoms. The van der Waals surface area contributed by atoms with Crippen LogP contribution in [0.3, 0.4) is 0 Å². The second-order valence-electron chi connectivity index (χ2n) is 14.6. The van der Waals surface area contributed by atoms with Gasteiger partial charge in [0.15, 0.2) is 34.6 Å². The largest absolute Gasteiger partial charge is 0.486 e. The van der Waals surface area contributed by atoms with Gasteiger partial charge in [0.05, 0.1) is 0 Å². The first-order valence-corrected chi connectivity index (χ1v) is 19.7. The Morgan fingerprint density at radius 3 is 1.27 bits per heavy atom. The van der Waals surface area contributed by atoms with Crippen molar-refractivity contribution < 1.29 is 18.9 Å². The summed E-state index contributed by atoms with van der Waals surface area (Å²) in [5, 5.41) is 0. The van der Waals surface area contributed by atoms with Crippen LogP contribution in [0.2, 0.25) is 0 Å². The predicted molar refractivity (Wildman–Crippen MR) is 215 cm³/mol. The molecule has 0 spiro atoms. The molecule has 2 fully saturated rings. The van der Waals surface area contributed by atoms with Crippen molar-refractivity contribution in [2.75, 3.05) is 39.5 Å². The summed E-state index contributed by atoms with van der Waals surface area (Å²) in [7, 11) is 0. The van der Waals surface area contributed by atoms with Gasteiger partial charge in [-0.1, -0.05) is 60.7 Å². The summed E-state index contributed by atoms with van der Waals surface area (Å²) < 4.78 is 22.9. The van der Waals surface area contributed by atoms with Crippen molar-refractivity contribution in [3.05, 3.63) is 144 Å². The van der Waals surface area contributed by atoms with Gasteiger partial charge < -0.3 is 18.9 Å². The maximum absolute atomic E-state index is 5.78. The van der Waals surface area contributed by atoms with E-state index in [1.807, 2.05) is 12.1 Å². The molecule has 6 aromatic rings. The van der Waals surface area contributed by atoms with Crippen molar-refractivity contribution in [2.24, 2.45) is 0 Å². The van der Waals surface area contributed by atoms with Crippen LogP contribution in [-0.4, -0.2) is 69.3 Å². The molecule has 0 bridgehead atoms. The fourth-order valence-corrected chi connectivity index (χ4v) is 8.20. The smallest absolute Gasteiger partial charge is 0.161 e. The Morgan fingerprint density at radius 1 is 0.464 bits per heavy atom. The van der Waals surface area contributed by atoms with E-state index >= 15 is 0 Å². The average molecular weight is 747 g/mol. The van der Waals surface area contributed by atoms with E-state index in [4.69, 9.17) is 18.9 Å². The van der Waals surface area contributed by atoms with Crippen LogP contribution in [0.1, 0.15) is 60.0 Å². The zero-order valence-corrected chi connectivity index (χ0v) is 31.5. The fourth-order valence-electron chi connectivity index (χ4n) is 8.20. The van der Waals surface area contributed by atoms with Gasteiger partial charge in [-0.05, 0) is 97.4 Å². The molecule has 2 aromatic heterocycles.